The summed E-state index contributed by atoms with van der Waals surface area (Å²) in [5.41, 5.74) is 0. The molecular formula is C4H9N3. The summed E-state index contributed by atoms with van der Waals surface area (Å²) in [5, 5.41) is 4.66. The molecule has 1 rings (SSSR count). The summed E-state index contributed by atoms with van der Waals surface area (Å²) in [6.07, 6.45) is 3.65. The maximum Gasteiger partial charge on any atom is 0.0508 e. The SMILES string of the molecule is NN1C=CNCC1. The van der Waals surface area contributed by atoms with Crippen molar-refractivity contribution in [1.82, 2.24) is 10.3 Å². The van der Waals surface area contributed by atoms with Gasteiger partial charge >= 0.3 is 0 Å². The molecule has 0 bridgehead atoms. The average molecular weight is 99.1 g/mol. The van der Waals surface area contributed by atoms with Crippen LogP contribution in [0.3, 0.4) is 0 Å². The van der Waals surface area contributed by atoms with Gasteiger partial charge in [-0.05, 0) is 0 Å². The second-order valence-corrected chi connectivity index (χ2v) is 1.51. The first-order valence-corrected chi connectivity index (χ1v) is 2.31. The molecule has 0 aliphatic carbocycles. The van der Waals surface area contributed by atoms with Gasteiger partial charge in [0.25, 0.3) is 0 Å². The lowest BCUT2D eigenvalue weighted by molar-refractivity contribution is 0.375. The predicted molar refractivity (Wildman–Crippen MR) is 28.0 cm³/mol. The van der Waals surface area contributed by atoms with Crippen LogP contribution in [0.1, 0.15) is 0 Å². The van der Waals surface area contributed by atoms with E-state index in [2.05, 4.69) is 5.32 Å². The van der Waals surface area contributed by atoms with E-state index >= 15 is 0 Å². The molecule has 1 aliphatic rings. The van der Waals surface area contributed by atoms with Crippen molar-refractivity contribution < 1.29 is 0 Å². The van der Waals surface area contributed by atoms with Gasteiger partial charge in [-0.3, -0.25) is 0 Å². The van der Waals surface area contributed by atoms with E-state index in [1.165, 1.54) is 0 Å². The summed E-state index contributed by atoms with van der Waals surface area (Å²) < 4.78 is 0. The minimum Gasteiger partial charge on any atom is -0.388 e. The Morgan fingerprint density at radius 3 is 2.86 bits per heavy atom. The molecule has 0 amide bonds. The van der Waals surface area contributed by atoms with Gasteiger partial charge in [0, 0.05) is 18.9 Å². The van der Waals surface area contributed by atoms with Crippen molar-refractivity contribution in [2.24, 2.45) is 5.84 Å². The number of hydrogen-bond donors (Lipinski definition) is 2. The number of hydrogen-bond acceptors (Lipinski definition) is 3. The van der Waals surface area contributed by atoms with E-state index in [1.807, 2.05) is 12.4 Å². The third-order valence-electron chi connectivity index (χ3n) is 0.898. The molecule has 7 heavy (non-hydrogen) atoms. The van der Waals surface area contributed by atoms with Crippen LogP contribution < -0.4 is 11.2 Å². The minimum absolute atomic E-state index is 0.899. The molecule has 0 aromatic rings. The third-order valence-corrected chi connectivity index (χ3v) is 0.898. The van der Waals surface area contributed by atoms with E-state index < -0.39 is 0 Å². The van der Waals surface area contributed by atoms with Crippen LogP contribution in [0, 0.1) is 0 Å². The summed E-state index contributed by atoms with van der Waals surface area (Å²) in [4.78, 5) is 0. The monoisotopic (exact) mass is 99.1 g/mol. The molecule has 1 heterocycles. The molecule has 0 spiro atoms. The van der Waals surface area contributed by atoms with Crippen LogP contribution in [0.4, 0.5) is 0 Å². The van der Waals surface area contributed by atoms with Crippen LogP contribution in [-0.2, 0) is 0 Å². The van der Waals surface area contributed by atoms with Crippen molar-refractivity contribution in [3.8, 4) is 0 Å². The molecule has 3 heteroatoms. The zero-order valence-electron chi connectivity index (χ0n) is 4.09. The van der Waals surface area contributed by atoms with Crippen LogP contribution in [0.25, 0.3) is 0 Å². The van der Waals surface area contributed by atoms with Gasteiger partial charge in [-0.2, -0.15) is 0 Å². The first-order chi connectivity index (χ1) is 3.39. The van der Waals surface area contributed by atoms with Crippen LogP contribution >= 0.6 is 0 Å². The second kappa shape index (κ2) is 1.84. The molecule has 0 aromatic heterocycles. The first-order valence-electron chi connectivity index (χ1n) is 2.31. The highest BCUT2D eigenvalue weighted by Gasteiger charge is 1.92. The lowest BCUT2D eigenvalue weighted by Crippen LogP contribution is -2.35. The summed E-state index contributed by atoms with van der Waals surface area (Å²) in [7, 11) is 0. The van der Waals surface area contributed by atoms with E-state index in [-0.39, 0.29) is 0 Å². The van der Waals surface area contributed by atoms with Crippen molar-refractivity contribution in [2.45, 2.75) is 0 Å². The standard InChI is InChI=1S/C4H9N3/c5-7-3-1-6-2-4-7/h1,3,6H,2,4-5H2. The van der Waals surface area contributed by atoms with Gasteiger partial charge in [0.2, 0.25) is 0 Å². The second-order valence-electron chi connectivity index (χ2n) is 1.51. The van der Waals surface area contributed by atoms with Crippen molar-refractivity contribution in [3.63, 3.8) is 0 Å². The van der Waals surface area contributed by atoms with Gasteiger partial charge < -0.3 is 10.3 Å². The van der Waals surface area contributed by atoms with Gasteiger partial charge in [0.15, 0.2) is 0 Å². The topological polar surface area (TPSA) is 41.3 Å². The fourth-order valence-corrected chi connectivity index (χ4v) is 0.500. The summed E-state index contributed by atoms with van der Waals surface area (Å²) >= 11 is 0. The quantitative estimate of drug-likeness (QED) is 0.392. The Bertz CT molecular complexity index is 79.0. The minimum atomic E-state index is 0.899. The van der Waals surface area contributed by atoms with Crippen molar-refractivity contribution in [3.05, 3.63) is 12.4 Å². The van der Waals surface area contributed by atoms with Gasteiger partial charge in [0.05, 0.1) is 6.54 Å². The number of hydrazine groups is 1. The Balaban J connectivity index is 2.36. The number of nitrogens with one attached hydrogen (secondary N) is 1. The number of nitrogens with zero attached hydrogens (tertiary/aromatic N) is 1. The maximum absolute atomic E-state index is 5.34. The smallest absolute Gasteiger partial charge is 0.0508 e. The number of rotatable bonds is 0. The molecule has 3 N–H and O–H groups in total. The fraction of sp³-hybridized carbons (Fsp3) is 0.500. The number of nitrogens with two attached hydrogens (primary N) is 1. The fourth-order valence-electron chi connectivity index (χ4n) is 0.500. The van der Waals surface area contributed by atoms with Crippen molar-refractivity contribution in [2.75, 3.05) is 13.1 Å². The Kier molecular flexibility index (Phi) is 1.17. The molecule has 0 radical (unpaired) electrons. The Hall–Kier alpha value is -0.700. The van der Waals surface area contributed by atoms with E-state index in [0.717, 1.165) is 13.1 Å². The summed E-state index contributed by atoms with van der Waals surface area (Å²) in [6, 6.07) is 0. The van der Waals surface area contributed by atoms with Gasteiger partial charge in [-0.25, -0.2) is 5.84 Å². The zero-order chi connectivity index (χ0) is 5.11. The highest BCUT2D eigenvalue weighted by molar-refractivity contribution is 4.82. The zero-order valence-corrected chi connectivity index (χ0v) is 4.09. The molecule has 0 unspecified atom stereocenters. The van der Waals surface area contributed by atoms with Crippen LogP contribution in [0.15, 0.2) is 12.4 Å². The first kappa shape index (κ1) is 4.46. The van der Waals surface area contributed by atoms with Crippen LogP contribution in [-0.4, -0.2) is 18.1 Å². The van der Waals surface area contributed by atoms with Crippen molar-refractivity contribution in [1.29, 1.82) is 0 Å². The molecule has 1 aliphatic heterocycles. The normalized spacial score (nSPS) is 19.3. The Morgan fingerprint density at radius 1 is 1.71 bits per heavy atom. The average Bonchev–Trinajstić information content (AvgIpc) is 1.69. The molecule has 3 nitrogen and oxygen atoms in total. The molecule has 0 atom stereocenters. The highest BCUT2D eigenvalue weighted by atomic mass is 15.4. The largest absolute Gasteiger partial charge is 0.388 e. The Labute approximate surface area is 42.8 Å². The van der Waals surface area contributed by atoms with Gasteiger partial charge in [0.1, 0.15) is 0 Å². The highest BCUT2D eigenvalue weighted by Crippen LogP contribution is 1.81. The van der Waals surface area contributed by atoms with Crippen LogP contribution in [0.2, 0.25) is 0 Å². The van der Waals surface area contributed by atoms with Gasteiger partial charge in [-0.1, -0.05) is 0 Å². The summed E-state index contributed by atoms with van der Waals surface area (Å²) in [5.74, 6) is 5.34. The van der Waals surface area contributed by atoms with E-state index in [1.54, 1.807) is 5.01 Å². The Morgan fingerprint density at radius 2 is 2.57 bits per heavy atom. The molecular weight excluding hydrogens is 90.1 g/mol. The lowest BCUT2D eigenvalue weighted by atomic mass is 10.5. The molecule has 0 fully saturated rings. The molecule has 0 aromatic carbocycles. The maximum atomic E-state index is 5.34. The van der Waals surface area contributed by atoms with E-state index in [4.69, 9.17) is 5.84 Å². The van der Waals surface area contributed by atoms with Gasteiger partial charge in [-0.15, -0.1) is 0 Å². The van der Waals surface area contributed by atoms with E-state index in [9.17, 15) is 0 Å². The van der Waals surface area contributed by atoms with Crippen LogP contribution in [0.5, 0.6) is 0 Å². The third kappa shape index (κ3) is 1.08. The molecule has 0 saturated heterocycles. The van der Waals surface area contributed by atoms with Crippen molar-refractivity contribution >= 4 is 0 Å². The van der Waals surface area contributed by atoms with E-state index in [0.29, 0.717) is 0 Å². The molecule has 0 saturated carbocycles. The predicted octanol–water partition coefficient (Wildman–Crippen LogP) is -0.764. The lowest BCUT2D eigenvalue weighted by Gasteiger charge is -2.17. The summed E-state index contributed by atoms with van der Waals surface area (Å²) in [6.45, 7) is 1.85. The molecule has 40 valence electrons.